The first-order valence-corrected chi connectivity index (χ1v) is 10.0. The fourth-order valence-electron chi connectivity index (χ4n) is 4.25. The Bertz CT molecular complexity index is 352. The maximum Gasteiger partial charge on any atom is 0.306 e. The molecule has 0 bridgehead atoms. The van der Waals surface area contributed by atoms with Crippen LogP contribution >= 0.6 is 0 Å². The van der Waals surface area contributed by atoms with Crippen LogP contribution in [0.25, 0.3) is 0 Å². The Morgan fingerprint density at radius 1 is 0.667 bits per heavy atom. The molecule has 24 heavy (non-hydrogen) atoms. The summed E-state index contributed by atoms with van der Waals surface area (Å²) in [5, 5.41) is 0. The van der Waals surface area contributed by atoms with Gasteiger partial charge in [-0.15, -0.1) is 0 Å². The predicted molar refractivity (Wildman–Crippen MR) is 93.5 cm³/mol. The standard InChI is InChI=1S/C20H34O4/c1-3-5-19(21)23-17-11-7-15(8-12-17)16-9-13-18(14-10-16)24-20(22)6-4-2/h15-18H,3-14H2,1-2H3. The van der Waals surface area contributed by atoms with Crippen LogP contribution in [0.3, 0.4) is 0 Å². The molecule has 2 aliphatic carbocycles. The zero-order valence-electron chi connectivity index (χ0n) is 15.4. The zero-order valence-corrected chi connectivity index (χ0v) is 15.4. The molecule has 2 rings (SSSR count). The van der Waals surface area contributed by atoms with Crippen LogP contribution in [-0.2, 0) is 19.1 Å². The minimum atomic E-state index is -0.0321. The molecule has 2 saturated carbocycles. The number of carbonyl (C=O) groups is 2. The van der Waals surface area contributed by atoms with Gasteiger partial charge in [-0.05, 0) is 76.0 Å². The molecule has 0 saturated heterocycles. The highest BCUT2D eigenvalue weighted by atomic mass is 16.5. The normalized spacial score (nSPS) is 30.6. The van der Waals surface area contributed by atoms with Crippen LogP contribution in [0.5, 0.6) is 0 Å². The van der Waals surface area contributed by atoms with E-state index in [1.54, 1.807) is 0 Å². The molecule has 0 heterocycles. The Balaban J connectivity index is 1.65. The van der Waals surface area contributed by atoms with Crippen LogP contribution in [0, 0.1) is 11.8 Å². The Morgan fingerprint density at radius 2 is 1.00 bits per heavy atom. The lowest BCUT2D eigenvalue weighted by Gasteiger charge is -2.37. The largest absolute Gasteiger partial charge is 0.462 e. The third kappa shape index (κ3) is 6.10. The summed E-state index contributed by atoms with van der Waals surface area (Å²) < 4.78 is 11.1. The Labute approximate surface area is 146 Å². The molecule has 0 N–H and O–H groups in total. The van der Waals surface area contributed by atoms with Crippen molar-refractivity contribution in [2.75, 3.05) is 0 Å². The summed E-state index contributed by atoms with van der Waals surface area (Å²) in [6.07, 6.45) is 11.9. The number of esters is 2. The highest BCUT2D eigenvalue weighted by Gasteiger charge is 2.32. The highest BCUT2D eigenvalue weighted by Crippen LogP contribution is 2.39. The molecule has 4 nitrogen and oxygen atoms in total. The van der Waals surface area contributed by atoms with Gasteiger partial charge in [-0.1, -0.05) is 13.8 Å². The smallest absolute Gasteiger partial charge is 0.306 e. The fourth-order valence-corrected chi connectivity index (χ4v) is 4.25. The van der Waals surface area contributed by atoms with Gasteiger partial charge in [-0.25, -0.2) is 0 Å². The second-order valence-corrected chi connectivity index (χ2v) is 7.55. The SMILES string of the molecule is CCCC(=O)OC1CCC(C2CCC(OC(=O)CCC)CC2)CC1. The van der Waals surface area contributed by atoms with Crippen molar-refractivity contribution in [1.82, 2.24) is 0 Å². The van der Waals surface area contributed by atoms with Gasteiger partial charge < -0.3 is 9.47 Å². The van der Waals surface area contributed by atoms with Crippen LogP contribution in [0.15, 0.2) is 0 Å². The molecule has 2 aliphatic rings. The van der Waals surface area contributed by atoms with Gasteiger partial charge in [0.2, 0.25) is 0 Å². The van der Waals surface area contributed by atoms with E-state index >= 15 is 0 Å². The van der Waals surface area contributed by atoms with Crippen LogP contribution in [0.1, 0.15) is 90.9 Å². The molecule has 0 aromatic heterocycles. The van der Waals surface area contributed by atoms with E-state index in [2.05, 4.69) is 0 Å². The lowest BCUT2D eigenvalue weighted by atomic mass is 9.72. The molecule has 0 amide bonds. The van der Waals surface area contributed by atoms with E-state index < -0.39 is 0 Å². The molecule has 0 atom stereocenters. The van der Waals surface area contributed by atoms with Crippen LogP contribution in [0.2, 0.25) is 0 Å². The maximum absolute atomic E-state index is 11.6. The molecule has 0 spiro atoms. The van der Waals surface area contributed by atoms with E-state index in [0.29, 0.717) is 12.8 Å². The molecule has 0 aliphatic heterocycles. The van der Waals surface area contributed by atoms with Crippen LogP contribution in [-0.4, -0.2) is 24.1 Å². The molecular formula is C20H34O4. The van der Waals surface area contributed by atoms with E-state index in [1.807, 2.05) is 13.8 Å². The third-order valence-corrected chi connectivity index (χ3v) is 5.61. The number of ether oxygens (including phenoxy) is 2. The van der Waals surface area contributed by atoms with E-state index in [4.69, 9.17) is 9.47 Å². The first-order chi connectivity index (χ1) is 11.6. The summed E-state index contributed by atoms with van der Waals surface area (Å²) in [6.45, 7) is 4.02. The molecule has 2 fully saturated rings. The van der Waals surface area contributed by atoms with Gasteiger partial charge in [0.15, 0.2) is 0 Å². The van der Waals surface area contributed by atoms with Gasteiger partial charge in [0.05, 0.1) is 0 Å². The minimum absolute atomic E-state index is 0.0321. The summed E-state index contributed by atoms with van der Waals surface area (Å²) in [5.74, 6) is 1.46. The van der Waals surface area contributed by atoms with Gasteiger partial charge in [0.1, 0.15) is 12.2 Å². The average molecular weight is 338 g/mol. The van der Waals surface area contributed by atoms with Gasteiger partial charge in [-0.3, -0.25) is 9.59 Å². The second kappa shape index (κ2) is 10.0. The summed E-state index contributed by atoms with van der Waals surface area (Å²) in [6, 6.07) is 0. The molecule has 0 aromatic carbocycles. The average Bonchev–Trinajstić information content (AvgIpc) is 2.57. The topological polar surface area (TPSA) is 52.6 Å². The number of hydrogen-bond acceptors (Lipinski definition) is 4. The predicted octanol–water partition coefficient (Wildman–Crippen LogP) is 4.79. The lowest BCUT2D eigenvalue weighted by Crippen LogP contribution is -2.31. The molecule has 138 valence electrons. The van der Waals surface area contributed by atoms with Gasteiger partial charge in [0.25, 0.3) is 0 Å². The van der Waals surface area contributed by atoms with Crippen LogP contribution < -0.4 is 0 Å². The van der Waals surface area contributed by atoms with Gasteiger partial charge >= 0.3 is 11.9 Å². The molecule has 0 unspecified atom stereocenters. The Morgan fingerprint density at radius 3 is 1.29 bits per heavy atom. The van der Waals surface area contributed by atoms with Gasteiger partial charge in [-0.2, -0.15) is 0 Å². The summed E-state index contributed by atoms with van der Waals surface area (Å²) in [5.41, 5.74) is 0. The number of hydrogen-bond donors (Lipinski definition) is 0. The second-order valence-electron chi connectivity index (χ2n) is 7.55. The van der Waals surface area contributed by atoms with Crippen molar-refractivity contribution >= 4 is 11.9 Å². The molecule has 0 aromatic rings. The number of carbonyl (C=O) groups excluding carboxylic acids is 2. The zero-order chi connectivity index (χ0) is 17.4. The van der Waals surface area contributed by atoms with E-state index in [1.165, 1.54) is 25.7 Å². The Kier molecular flexibility index (Phi) is 8.07. The molecular weight excluding hydrogens is 304 g/mol. The third-order valence-electron chi connectivity index (χ3n) is 5.61. The van der Waals surface area contributed by atoms with Crippen molar-refractivity contribution in [3.8, 4) is 0 Å². The fraction of sp³-hybridized carbons (Fsp3) is 0.900. The van der Waals surface area contributed by atoms with Crippen LogP contribution in [0.4, 0.5) is 0 Å². The van der Waals surface area contributed by atoms with Crippen molar-refractivity contribution in [2.24, 2.45) is 11.8 Å². The summed E-state index contributed by atoms with van der Waals surface area (Å²) in [7, 11) is 0. The van der Waals surface area contributed by atoms with Crippen molar-refractivity contribution in [3.63, 3.8) is 0 Å². The Hall–Kier alpha value is -1.06. The first-order valence-electron chi connectivity index (χ1n) is 10.0. The van der Waals surface area contributed by atoms with E-state index in [-0.39, 0.29) is 24.1 Å². The number of rotatable bonds is 7. The molecule has 4 heteroatoms. The van der Waals surface area contributed by atoms with Crippen molar-refractivity contribution in [3.05, 3.63) is 0 Å². The lowest BCUT2D eigenvalue weighted by molar-refractivity contribution is -0.153. The minimum Gasteiger partial charge on any atom is -0.462 e. The summed E-state index contributed by atoms with van der Waals surface area (Å²) in [4.78, 5) is 23.2. The summed E-state index contributed by atoms with van der Waals surface area (Å²) >= 11 is 0. The maximum atomic E-state index is 11.6. The van der Waals surface area contributed by atoms with Crippen molar-refractivity contribution < 1.29 is 19.1 Å². The first kappa shape index (κ1) is 19.3. The highest BCUT2D eigenvalue weighted by molar-refractivity contribution is 5.69. The van der Waals surface area contributed by atoms with Crippen molar-refractivity contribution in [1.29, 1.82) is 0 Å². The van der Waals surface area contributed by atoms with Crippen molar-refractivity contribution in [2.45, 2.75) is 103 Å². The van der Waals surface area contributed by atoms with Gasteiger partial charge in [0, 0.05) is 12.8 Å². The monoisotopic (exact) mass is 338 g/mol. The quantitative estimate of drug-likeness (QED) is 0.626. The van der Waals surface area contributed by atoms with E-state index in [9.17, 15) is 9.59 Å². The molecule has 0 radical (unpaired) electrons. The van der Waals surface area contributed by atoms with E-state index in [0.717, 1.165) is 50.4 Å².